The molecule has 0 aromatic heterocycles. The van der Waals surface area contributed by atoms with E-state index in [0.29, 0.717) is 12.6 Å². The first kappa shape index (κ1) is 10.4. The largest absolute Gasteiger partial charge is 0.329 e. The van der Waals surface area contributed by atoms with Gasteiger partial charge in [-0.2, -0.15) is 0 Å². The van der Waals surface area contributed by atoms with E-state index in [4.69, 9.17) is 5.73 Å². The molecule has 11 heavy (non-hydrogen) atoms. The molecule has 1 unspecified atom stereocenters. The van der Waals surface area contributed by atoms with Crippen molar-refractivity contribution < 1.29 is 0 Å². The topological polar surface area (TPSA) is 29.3 Å². The molecule has 0 aromatic carbocycles. The van der Waals surface area contributed by atoms with Crippen molar-refractivity contribution in [3.8, 4) is 0 Å². The van der Waals surface area contributed by atoms with Crippen LogP contribution in [0, 0.1) is 0 Å². The monoisotopic (exact) mass is 154 g/mol. The minimum atomic E-state index is 0.408. The Morgan fingerprint density at radius 2 is 1.82 bits per heavy atom. The van der Waals surface area contributed by atoms with E-state index in [1.165, 1.54) is 0 Å². The van der Waals surface area contributed by atoms with Crippen LogP contribution in [0.4, 0.5) is 0 Å². The van der Waals surface area contributed by atoms with Gasteiger partial charge >= 0.3 is 0 Å². The van der Waals surface area contributed by atoms with Crippen LogP contribution in [0.15, 0.2) is 25.3 Å². The molecule has 0 aliphatic heterocycles. The zero-order chi connectivity index (χ0) is 8.69. The molecular formula is C9H18N2. The summed E-state index contributed by atoms with van der Waals surface area (Å²) in [6.07, 6.45) is 3.77. The summed E-state index contributed by atoms with van der Waals surface area (Å²) in [4.78, 5) is 2.22. The van der Waals surface area contributed by atoms with Gasteiger partial charge in [-0.25, -0.2) is 0 Å². The first-order valence-corrected chi connectivity index (χ1v) is 3.92. The van der Waals surface area contributed by atoms with E-state index < -0.39 is 0 Å². The summed E-state index contributed by atoms with van der Waals surface area (Å²) in [6, 6.07) is 0.408. The molecule has 0 bridgehead atoms. The molecule has 0 spiro atoms. The van der Waals surface area contributed by atoms with Crippen LogP contribution in [0.5, 0.6) is 0 Å². The van der Waals surface area contributed by atoms with E-state index >= 15 is 0 Å². The van der Waals surface area contributed by atoms with Crippen LogP contribution < -0.4 is 5.73 Å². The first-order chi connectivity index (χ1) is 5.26. The predicted molar refractivity (Wildman–Crippen MR) is 50.5 cm³/mol. The normalized spacial score (nSPS) is 13.0. The molecule has 2 nitrogen and oxygen atoms in total. The number of rotatable bonds is 6. The average molecular weight is 154 g/mol. The van der Waals surface area contributed by atoms with E-state index in [1.807, 2.05) is 12.2 Å². The molecule has 0 saturated carbocycles. The lowest BCUT2D eigenvalue weighted by Gasteiger charge is -2.25. The molecular weight excluding hydrogens is 136 g/mol. The zero-order valence-corrected chi connectivity index (χ0v) is 7.29. The summed E-state index contributed by atoms with van der Waals surface area (Å²) in [7, 11) is 0. The third-order valence-electron chi connectivity index (χ3n) is 1.69. The van der Waals surface area contributed by atoms with Crippen LogP contribution in [0.1, 0.15) is 6.92 Å². The number of hydrogen-bond acceptors (Lipinski definition) is 2. The fourth-order valence-electron chi connectivity index (χ4n) is 0.915. The lowest BCUT2D eigenvalue weighted by Crippen LogP contribution is -2.38. The van der Waals surface area contributed by atoms with Gasteiger partial charge in [0.05, 0.1) is 0 Å². The van der Waals surface area contributed by atoms with E-state index in [9.17, 15) is 0 Å². The Morgan fingerprint density at radius 1 is 1.36 bits per heavy atom. The standard InChI is InChI=1S/C9H18N2/c1-4-6-11(7-5-2)9(3)8-10/h4-5,9H,1-2,6-8,10H2,3H3. The van der Waals surface area contributed by atoms with Crippen molar-refractivity contribution >= 4 is 0 Å². The van der Waals surface area contributed by atoms with Crippen molar-refractivity contribution in [2.45, 2.75) is 13.0 Å². The molecule has 0 aromatic rings. The Hall–Kier alpha value is -0.600. The van der Waals surface area contributed by atoms with Gasteiger partial charge in [-0.05, 0) is 6.92 Å². The van der Waals surface area contributed by atoms with Gasteiger partial charge in [0.2, 0.25) is 0 Å². The SMILES string of the molecule is C=CCN(CC=C)C(C)CN. The van der Waals surface area contributed by atoms with Crippen LogP contribution >= 0.6 is 0 Å². The van der Waals surface area contributed by atoms with Gasteiger partial charge in [0, 0.05) is 25.7 Å². The molecule has 2 N–H and O–H groups in total. The highest BCUT2D eigenvalue weighted by atomic mass is 15.1. The summed E-state index contributed by atoms with van der Waals surface area (Å²) in [5.74, 6) is 0. The average Bonchev–Trinajstić information content (AvgIpc) is 2.03. The van der Waals surface area contributed by atoms with Gasteiger partial charge in [-0.3, -0.25) is 4.90 Å². The number of nitrogens with zero attached hydrogens (tertiary/aromatic N) is 1. The Bertz CT molecular complexity index is 111. The Kier molecular flexibility index (Phi) is 5.80. The maximum atomic E-state index is 5.52. The summed E-state index contributed by atoms with van der Waals surface area (Å²) < 4.78 is 0. The van der Waals surface area contributed by atoms with Crippen molar-refractivity contribution in [3.63, 3.8) is 0 Å². The van der Waals surface area contributed by atoms with E-state index in [-0.39, 0.29) is 0 Å². The first-order valence-electron chi connectivity index (χ1n) is 3.92. The third-order valence-corrected chi connectivity index (χ3v) is 1.69. The van der Waals surface area contributed by atoms with Crippen LogP contribution in [-0.4, -0.2) is 30.6 Å². The maximum absolute atomic E-state index is 5.52. The second kappa shape index (κ2) is 6.13. The second-order valence-corrected chi connectivity index (χ2v) is 2.62. The number of hydrogen-bond donors (Lipinski definition) is 1. The summed E-state index contributed by atoms with van der Waals surface area (Å²) in [6.45, 7) is 11.9. The highest BCUT2D eigenvalue weighted by Gasteiger charge is 2.07. The third kappa shape index (κ3) is 3.96. The number of nitrogens with two attached hydrogens (primary N) is 1. The zero-order valence-electron chi connectivity index (χ0n) is 7.29. The van der Waals surface area contributed by atoms with Crippen molar-refractivity contribution in [1.82, 2.24) is 4.90 Å². The van der Waals surface area contributed by atoms with Gasteiger partial charge in [-0.15, -0.1) is 13.2 Å². The summed E-state index contributed by atoms with van der Waals surface area (Å²) in [5.41, 5.74) is 5.52. The van der Waals surface area contributed by atoms with E-state index in [2.05, 4.69) is 25.0 Å². The van der Waals surface area contributed by atoms with Gasteiger partial charge in [0.25, 0.3) is 0 Å². The van der Waals surface area contributed by atoms with Crippen LogP contribution in [-0.2, 0) is 0 Å². The molecule has 64 valence electrons. The molecule has 2 heteroatoms. The van der Waals surface area contributed by atoms with Gasteiger partial charge in [0.15, 0.2) is 0 Å². The Morgan fingerprint density at radius 3 is 2.09 bits per heavy atom. The molecule has 0 radical (unpaired) electrons. The smallest absolute Gasteiger partial charge is 0.0196 e. The van der Waals surface area contributed by atoms with Gasteiger partial charge in [-0.1, -0.05) is 12.2 Å². The minimum Gasteiger partial charge on any atom is -0.329 e. The van der Waals surface area contributed by atoms with Crippen molar-refractivity contribution in [2.24, 2.45) is 5.73 Å². The van der Waals surface area contributed by atoms with Crippen molar-refractivity contribution in [1.29, 1.82) is 0 Å². The maximum Gasteiger partial charge on any atom is 0.0196 e. The summed E-state index contributed by atoms with van der Waals surface area (Å²) >= 11 is 0. The molecule has 0 aliphatic carbocycles. The highest BCUT2D eigenvalue weighted by molar-refractivity contribution is 4.83. The molecule has 0 fully saturated rings. The molecule has 0 amide bonds. The lowest BCUT2D eigenvalue weighted by molar-refractivity contribution is 0.262. The Balaban J connectivity index is 3.84. The van der Waals surface area contributed by atoms with Crippen molar-refractivity contribution in [3.05, 3.63) is 25.3 Å². The van der Waals surface area contributed by atoms with E-state index in [0.717, 1.165) is 13.1 Å². The minimum absolute atomic E-state index is 0.408. The van der Waals surface area contributed by atoms with Crippen LogP contribution in [0.3, 0.4) is 0 Å². The van der Waals surface area contributed by atoms with Gasteiger partial charge in [0.1, 0.15) is 0 Å². The molecule has 0 aliphatic rings. The summed E-state index contributed by atoms with van der Waals surface area (Å²) in [5, 5.41) is 0. The van der Waals surface area contributed by atoms with E-state index in [1.54, 1.807) is 0 Å². The van der Waals surface area contributed by atoms with Gasteiger partial charge < -0.3 is 5.73 Å². The molecule has 1 atom stereocenters. The fraction of sp³-hybridized carbons (Fsp3) is 0.556. The molecule has 0 saturated heterocycles. The fourth-order valence-corrected chi connectivity index (χ4v) is 0.915. The lowest BCUT2D eigenvalue weighted by atomic mass is 10.3. The molecule has 0 rings (SSSR count). The predicted octanol–water partition coefficient (Wildman–Crippen LogP) is 1.01. The van der Waals surface area contributed by atoms with Crippen LogP contribution in [0.2, 0.25) is 0 Å². The molecule has 0 heterocycles. The Labute approximate surface area is 69.4 Å². The quantitative estimate of drug-likeness (QED) is 0.578. The highest BCUT2D eigenvalue weighted by Crippen LogP contribution is 1.96. The van der Waals surface area contributed by atoms with Crippen LogP contribution in [0.25, 0.3) is 0 Å². The second-order valence-electron chi connectivity index (χ2n) is 2.62. The van der Waals surface area contributed by atoms with Crippen molar-refractivity contribution in [2.75, 3.05) is 19.6 Å².